The van der Waals surface area contributed by atoms with E-state index >= 15 is 0 Å². The van der Waals surface area contributed by atoms with Crippen molar-refractivity contribution in [1.29, 1.82) is 0 Å². The minimum Gasteiger partial charge on any atom is -0.336 e. The van der Waals surface area contributed by atoms with Crippen molar-refractivity contribution in [3.63, 3.8) is 0 Å². The lowest BCUT2D eigenvalue weighted by molar-refractivity contribution is 0.233. The first-order valence-electron chi connectivity index (χ1n) is 5.50. The number of nitrogen functional groups attached to an aromatic ring is 1. The third-order valence-corrected chi connectivity index (χ3v) is 2.16. The highest BCUT2D eigenvalue weighted by atomic mass is 16.2. The molecule has 0 saturated carbocycles. The Kier molecular flexibility index (Phi) is 3.59. The number of rotatable bonds is 2. The summed E-state index contributed by atoms with van der Waals surface area (Å²) in [7, 11) is 0. The van der Waals surface area contributed by atoms with Crippen LogP contribution in [0.4, 0.5) is 4.79 Å². The molecule has 1 amide bonds. The number of aryl methyl sites for hydroxylation is 1. The Labute approximate surface area is 99.6 Å². The molecular formula is C10H19N5O2. The molecule has 0 aliphatic heterocycles. The Balaban J connectivity index is 2.87. The number of carbonyl (C=O) groups is 1. The highest BCUT2D eigenvalue weighted by Crippen LogP contribution is 2.10. The fraction of sp³-hybridized carbons (Fsp3) is 0.700. The van der Waals surface area contributed by atoms with Crippen molar-refractivity contribution in [2.75, 3.05) is 12.4 Å². The Hall–Kier alpha value is -1.79. The van der Waals surface area contributed by atoms with Gasteiger partial charge in [-0.15, -0.1) is 9.78 Å². The smallest absolute Gasteiger partial charge is 0.336 e. The third kappa shape index (κ3) is 3.08. The van der Waals surface area contributed by atoms with E-state index in [2.05, 4.69) is 10.4 Å². The van der Waals surface area contributed by atoms with Crippen LogP contribution < -0.4 is 16.8 Å². The van der Waals surface area contributed by atoms with Crippen LogP contribution in [0.2, 0.25) is 0 Å². The minimum absolute atomic E-state index is 0.0574. The molecule has 1 heterocycles. The van der Waals surface area contributed by atoms with Gasteiger partial charge >= 0.3 is 11.7 Å². The van der Waals surface area contributed by atoms with Crippen molar-refractivity contribution in [3.05, 3.63) is 16.3 Å². The van der Waals surface area contributed by atoms with E-state index in [1.54, 1.807) is 0 Å². The topological polar surface area (TPSA) is 94.9 Å². The van der Waals surface area contributed by atoms with Crippen molar-refractivity contribution < 1.29 is 4.79 Å². The molecule has 1 aromatic heterocycles. The van der Waals surface area contributed by atoms with Crippen LogP contribution in [-0.2, 0) is 6.42 Å². The standard InChI is InChI=1S/C10H19N5O2/c1-5-7-13-15(9(17)14(7)11)8(16)12-6-10(2,3)4/h5-6,11H2,1-4H3,(H,12,16). The van der Waals surface area contributed by atoms with Crippen LogP contribution in [0.5, 0.6) is 0 Å². The Morgan fingerprint density at radius 3 is 2.47 bits per heavy atom. The number of carbonyl (C=O) groups excluding carboxylic acids is 1. The van der Waals surface area contributed by atoms with Gasteiger partial charge < -0.3 is 11.2 Å². The van der Waals surface area contributed by atoms with Crippen molar-refractivity contribution in [3.8, 4) is 0 Å². The first kappa shape index (κ1) is 13.3. The summed E-state index contributed by atoms with van der Waals surface area (Å²) < 4.78 is 1.64. The van der Waals surface area contributed by atoms with Gasteiger partial charge in [0.2, 0.25) is 0 Å². The molecule has 0 aliphatic carbocycles. The van der Waals surface area contributed by atoms with Gasteiger partial charge in [-0.3, -0.25) is 0 Å². The van der Waals surface area contributed by atoms with E-state index in [1.165, 1.54) is 0 Å². The molecule has 0 aromatic carbocycles. The molecule has 0 aliphatic rings. The normalized spacial score (nSPS) is 11.5. The van der Waals surface area contributed by atoms with Crippen molar-refractivity contribution in [2.45, 2.75) is 34.1 Å². The van der Waals surface area contributed by atoms with Crippen LogP contribution in [0, 0.1) is 5.41 Å². The van der Waals surface area contributed by atoms with Gasteiger partial charge in [0.1, 0.15) is 0 Å². The summed E-state index contributed by atoms with van der Waals surface area (Å²) in [6, 6.07) is -0.552. The lowest BCUT2D eigenvalue weighted by Crippen LogP contribution is -2.42. The van der Waals surface area contributed by atoms with Crippen molar-refractivity contribution in [2.24, 2.45) is 5.41 Å². The maximum atomic E-state index is 11.7. The second-order valence-electron chi connectivity index (χ2n) is 5.05. The van der Waals surface area contributed by atoms with E-state index in [-0.39, 0.29) is 5.41 Å². The highest BCUT2D eigenvalue weighted by molar-refractivity contribution is 5.75. The van der Waals surface area contributed by atoms with Crippen LogP contribution in [0.3, 0.4) is 0 Å². The third-order valence-electron chi connectivity index (χ3n) is 2.16. The first-order chi connectivity index (χ1) is 7.76. The summed E-state index contributed by atoms with van der Waals surface area (Å²) in [6.07, 6.45) is 0.491. The molecule has 0 radical (unpaired) electrons. The number of nitrogens with two attached hydrogens (primary N) is 1. The Morgan fingerprint density at radius 1 is 1.47 bits per heavy atom. The van der Waals surface area contributed by atoms with Crippen molar-refractivity contribution >= 4 is 6.03 Å². The van der Waals surface area contributed by atoms with Gasteiger partial charge in [0.05, 0.1) is 0 Å². The number of hydrogen-bond acceptors (Lipinski definition) is 4. The number of nitrogens with zero attached hydrogens (tertiary/aromatic N) is 3. The Bertz CT molecular complexity index is 466. The summed E-state index contributed by atoms with van der Waals surface area (Å²) >= 11 is 0. The van der Waals surface area contributed by atoms with Crippen molar-refractivity contribution in [1.82, 2.24) is 19.8 Å². The summed E-state index contributed by atoms with van der Waals surface area (Å²) in [4.78, 5) is 23.3. The van der Waals surface area contributed by atoms with E-state index in [0.29, 0.717) is 18.8 Å². The van der Waals surface area contributed by atoms with Gasteiger partial charge in [-0.05, 0) is 5.41 Å². The number of nitrogens with one attached hydrogen (secondary N) is 1. The van der Waals surface area contributed by atoms with Gasteiger partial charge in [-0.25, -0.2) is 9.59 Å². The van der Waals surface area contributed by atoms with Crippen LogP contribution in [0.25, 0.3) is 0 Å². The maximum absolute atomic E-state index is 11.7. The summed E-state index contributed by atoms with van der Waals surface area (Å²) in [5.41, 5.74) is -0.689. The average molecular weight is 241 g/mol. The number of amides is 1. The molecule has 0 fully saturated rings. The number of aromatic nitrogens is 3. The number of hydrogen-bond donors (Lipinski definition) is 2. The predicted octanol–water partition coefficient (Wildman–Crippen LogP) is -0.0752. The quantitative estimate of drug-likeness (QED) is 0.708. The predicted molar refractivity (Wildman–Crippen MR) is 64.3 cm³/mol. The van der Waals surface area contributed by atoms with Crippen LogP contribution >= 0.6 is 0 Å². The van der Waals surface area contributed by atoms with Gasteiger partial charge in [0.15, 0.2) is 5.82 Å². The second-order valence-corrected chi connectivity index (χ2v) is 5.05. The molecule has 0 spiro atoms. The lowest BCUT2D eigenvalue weighted by atomic mass is 9.97. The van der Waals surface area contributed by atoms with E-state index < -0.39 is 11.7 Å². The molecule has 0 atom stereocenters. The summed E-state index contributed by atoms with van der Waals surface area (Å²) in [6.45, 7) is 8.21. The lowest BCUT2D eigenvalue weighted by Gasteiger charge is -2.17. The largest absolute Gasteiger partial charge is 0.373 e. The zero-order valence-corrected chi connectivity index (χ0v) is 10.6. The fourth-order valence-electron chi connectivity index (χ4n) is 1.21. The Morgan fingerprint density at radius 2 is 2.06 bits per heavy atom. The summed E-state index contributed by atoms with van der Waals surface area (Å²) in [5.74, 6) is 5.85. The van der Waals surface area contributed by atoms with E-state index in [4.69, 9.17) is 5.84 Å². The van der Waals surface area contributed by atoms with Gasteiger partial charge in [-0.2, -0.15) is 4.68 Å². The van der Waals surface area contributed by atoms with Gasteiger partial charge in [0, 0.05) is 13.0 Å². The first-order valence-corrected chi connectivity index (χ1v) is 5.50. The molecular weight excluding hydrogens is 222 g/mol. The van der Waals surface area contributed by atoms with E-state index in [9.17, 15) is 9.59 Å². The van der Waals surface area contributed by atoms with Crippen LogP contribution in [0.15, 0.2) is 4.79 Å². The van der Waals surface area contributed by atoms with Gasteiger partial charge in [-0.1, -0.05) is 27.7 Å². The van der Waals surface area contributed by atoms with E-state index in [0.717, 1.165) is 9.36 Å². The monoisotopic (exact) mass is 241 g/mol. The highest BCUT2D eigenvalue weighted by Gasteiger charge is 2.18. The zero-order chi connectivity index (χ0) is 13.2. The van der Waals surface area contributed by atoms with Crippen LogP contribution in [-0.4, -0.2) is 27.0 Å². The molecule has 7 nitrogen and oxygen atoms in total. The fourth-order valence-corrected chi connectivity index (χ4v) is 1.21. The molecule has 3 N–H and O–H groups in total. The molecule has 0 unspecified atom stereocenters. The minimum atomic E-state index is -0.631. The molecule has 96 valence electrons. The zero-order valence-electron chi connectivity index (χ0n) is 10.6. The average Bonchev–Trinajstić information content (AvgIpc) is 2.52. The molecule has 1 rings (SSSR count). The van der Waals surface area contributed by atoms with E-state index in [1.807, 2.05) is 27.7 Å². The molecule has 1 aromatic rings. The SMILES string of the molecule is CCc1nn(C(=O)NCC(C)(C)C)c(=O)n1N. The molecule has 0 bridgehead atoms. The maximum Gasteiger partial charge on any atom is 0.373 e. The van der Waals surface area contributed by atoms with Crippen LogP contribution in [0.1, 0.15) is 33.5 Å². The second kappa shape index (κ2) is 4.60. The molecule has 0 saturated heterocycles. The molecule has 7 heteroatoms. The van der Waals surface area contributed by atoms with Gasteiger partial charge in [0.25, 0.3) is 0 Å². The molecule has 17 heavy (non-hydrogen) atoms. The summed E-state index contributed by atoms with van der Waals surface area (Å²) in [5, 5.41) is 6.50.